The molecular formula is C28H44O3Si. The second kappa shape index (κ2) is 8.92. The fourth-order valence-electron chi connectivity index (χ4n) is 6.52. The molecule has 0 radical (unpaired) electrons. The van der Waals surface area contributed by atoms with E-state index in [2.05, 4.69) is 65.1 Å². The van der Waals surface area contributed by atoms with Crippen LogP contribution in [0, 0.1) is 17.3 Å². The van der Waals surface area contributed by atoms with Gasteiger partial charge >= 0.3 is 0 Å². The van der Waals surface area contributed by atoms with Crippen LogP contribution >= 0.6 is 0 Å². The molecule has 1 aromatic carbocycles. The Labute approximate surface area is 197 Å². The van der Waals surface area contributed by atoms with E-state index in [1.165, 1.54) is 38.5 Å². The molecule has 4 unspecified atom stereocenters. The predicted molar refractivity (Wildman–Crippen MR) is 135 cm³/mol. The van der Waals surface area contributed by atoms with Gasteiger partial charge in [0.2, 0.25) is 8.32 Å². The first-order valence-electron chi connectivity index (χ1n) is 12.8. The molecule has 4 heteroatoms. The molecule has 0 amide bonds. The molecule has 0 N–H and O–H groups in total. The number of fused-ring (bicyclic) bond motifs is 5. The van der Waals surface area contributed by atoms with Gasteiger partial charge in [0.1, 0.15) is 12.4 Å². The number of aryl methyl sites for hydroxylation is 1. The van der Waals surface area contributed by atoms with Crippen molar-refractivity contribution < 1.29 is 14.2 Å². The third-order valence-electron chi connectivity index (χ3n) is 9.32. The van der Waals surface area contributed by atoms with Crippen molar-refractivity contribution in [2.24, 2.45) is 17.3 Å². The molecule has 0 heterocycles. The molecule has 2 saturated carbocycles. The van der Waals surface area contributed by atoms with Crippen molar-refractivity contribution in [1.82, 2.24) is 0 Å². The minimum Gasteiger partial charge on any atom is -0.543 e. The average Bonchev–Trinajstić information content (AvgIpc) is 3.06. The molecule has 3 aliphatic carbocycles. The van der Waals surface area contributed by atoms with Gasteiger partial charge in [-0.3, -0.25) is 0 Å². The standard InChI is InChI=1S/C28H44O3Si/c1-8-29-30-18-16-21-10-14-26-25-12-9-20-19-22(31-32(6,7)27(2,3)4)11-13-23(20)24(25)15-17-28(21,26)5/h11,13,16,19,24-26H,8-10,12,14-15,17-18H2,1-7H3. The van der Waals surface area contributed by atoms with Gasteiger partial charge in [-0.2, -0.15) is 0 Å². The van der Waals surface area contributed by atoms with Crippen LogP contribution in [0.4, 0.5) is 0 Å². The molecule has 0 aromatic heterocycles. The van der Waals surface area contributed by atoms with Gasteiger partial charge in [-0.05, 0) is 110 Å². The van der Waals surface area contributed by atoms with Crippen molar-refractivity contribution in [3.63, 3.8) is 0 Å². The Kier molecular flexibility index (Phi) is 6.70. The minimum absolute atomic E-state index is 0.225. The summed E-state index contributed by atoms with van der Waals surface area (Å²) in [4.78, 5) is 10.4. The molecule has 4 atom stereocenters. The van der Waals surface area contributed by atoms with Crippen LogP contribution in [-0.4, -0.2) is 21.5 Å². The van der Waals surface area contributed by atoms with Crippen LogP contribution in [0.1, 0.15) is 83.8 Å². The second-order valence-electron chi connectivity index (χ2n) is 12.1. The normalized spacial score (nSPS) is 31.2. The molecule has 0 aliphatic heterocycles. The summed E-state index contributed by atoms with van der Waals surface area (Å²) in [6, 6.07) is 7.06. The van der Waals surface area contributed by atoms with Crippen LogP contribution in [0.2, 0.25) is 18.1 Å². The fraction of sp³-hybridized carbons (Fsp3) is 0.714. The summed E-state index contributed by atoms with van der Waals surface area (Å²) in [7, 11) is -1.80. The molecule has 3 nitrogen and oxygen atoms in total. The van der Waals surface area contributed by atoms with Crippen molar-refractivity contribution >= 4 is 8.32 Å². The molecule has 2 fully saturated rings. The van der Waals surface area contributed by atoms with Crippen molar-refractivity contribution in [3.8, 4) is 5.75 Å². The van der Waals surface area contributed by atoms with E-state index >= 15 is 0 Å². The lowest BCUT2D eigenvalue weighted by Crippen LogP contribution is -2.44. The number of benzene rings is 1. The Bertz CT molecular complexity index is 853. The summed E-state index contributed by atoms with van der Waals surface area (Å²) in [5.74, 6) is 3.43. The highest BCUT2D eigenvalue weighted by molar-refractivity contribution is 6.74. The lowest BCUT2D eigenvalue weighted by atomic mass is 9.55. The van der Waals surface area contributed by atoms with Crippen molar-refractivity contribution in [1.29, 1.82) is 0 Å². The lowest BCUT2D eigenvalue weighted by molar-refractivity contribution is -0.282. The van der Waals surface area contributed by atoms with Gasteiger partial charge in [0, 0.05) is 0 Å². The molecule has 4 rings (SSSR count). The maximum atomic E-state index is 6.63. The topological polar surface area (TPSA) is 27.7 Å². The number of rotatable bonds is 6. The quantitative estimate of drug-likeness (QED) is 0.144. The highest BCUT2D eigenvalue weighted by Crippen LogP contribution is 2.62. The first kappa shape index (κ1) is 24.0. The first-order chi connectivity index (χ1) is 15.1. The Hall–Kier alpha value is -1.10. The van der Waals surface area contributed by atoms with Gasteiger partial charge in [-0.25, -0.2) is 9.78 Å². The Morgan fingerprint density at radius 3 is 2.59 bits per heavy atom. The molecule has 0 spiro atoms. The number of hydrogen-bond acceptors (Lipinski definition) is 3. The maximum Gasteiger partial charge on any atom is 0.250 e. The maximum absolute atomic E-state index is 6.63. The van der Waals surface area contributed by atoms with E-state index < -0.39 is 8.32 Å². The van der Waals surface area contributed by atoms with Crippen LogP contribution in [0.5, 0.6) is 5.75 Å². The van der Waals surface area contributed by atoms with Crippen molar-refractivity contribution in [2.45, 2.75) is 97.2 Å². The van der Waals surface area contributed by atoms with Gasteiger partial charge in [0.25, 0.3) is 0 Å². The zero-order valence-corrected chi connectivity index (χ0v) is 22.4. The van der Waals surface area contributed by atoms with Crippen LogP contribution in [-0.2, 0) is 16.2 Å². The highest BCUT2D eigenvalue weighted by atomic mass is 28.4. The molecule has 0 saturated heterocycles. The van der Waals surface area contributed by atoms with E-state index in [9.17, 15) is 0 Å². The van der Waals surface area contributed by atoms with E-state index in [0.29, 0.717) is 18.6 Å². The monoisotopic (exact) mass is 456 g/mol. The summed E-state index contributed by atoms with van der Waals surface area (Å²) in [5, 5.41) is 0.225. The average molecular weight is 457 g/mol. The van der Waals surface area contributed by atoms with Gasteiger partial charge in [0.05, 0.1) is 6.61 Å². The molecule has 1 aromatic rings. The first-order valence-corrected chi connectivity index (χ1v) is 15.7. The molecule has 0 bridgehead atoms. The van der Waals surface area contributed by atoms with Gasteiger partial charge in [-0.15, -0.1) is 0 Å². The Balaban J connectivity index is 1.50. The largest absolute Gasteiger partial charge is 0.543 e. The van der Waals surface area contributed by atoms with Crippen LogP contribution < -0.4 is 4.43 Å². The minimum atomic E-state index is -1.80. The summed E-state index contributed by atoms with van der Waals surface area (Å²) < 4.78 is 6.63. The Morgan fingerprint density at radius 1 is 1.09 bits per heavy atom. The van der Waals surface area contributed by atoms with Gasteiger partial charge in [-0.1, -0.05) is 45.4 Å². The van der Waals surface area contributed by atoms with Crippen LogP contribution in [0.15, 0.2) is 29.8 Å². The van der Waals surface area contributed by atoms with E-state index in [1.807, 2.05) is 6.92 Å². The second-order valence-corrected chi connectivity index (χ2v) is 16.8. The lowest BCUT2D eigenvalue weighted by Gasteiger charge is -2.49. The molecule has 3 aliphatic rings. The zero-order chi connectivity index (χ0) is 23.1. The van der Waals surface area contributed by atoms with E-state index in [-0.39, 0.29) is 5.04 Å². The van der Waals surface area contributed by atoms with Crippen molar-refractivity contribution in [2.75, 3.05) is 13.2 Å². The van der Waals surface area contributed by atoms with Gasteiger partial charge in [0.15, 0.2) is 0 Å². The summed E-state index contributed by atoms with van der Waals surface area (Å²) in [6.07, 6.45) is 10.00. The number of hydrogen-bond donors (Lipinski definition) is 0. The third-order valence-corrected chi connectivity index (χ3v) is 13.7. The SMILES string of the molecule is CCOOCC=C1CCC2C3CCc4cc(O[Si](C)(C)C(C)(C)C)ccc4C3CCC12C. The smallest absolute Gasteiger partial charge is 0.250 e. The Morgan fingerprint density at radius 2 is 1.88 bits per heavy atom. The molecule has 178 valence electrons. The molecular weight excluding hydrogens is 412 g/mol. The van der Waals surface area contributed by atoms with Crippen LogP contribution in [0.3, 0.4) is 0 Å². The highest BCUT2D eigenvalue weighted by Gasteiger charge is 2.52. The third kappa shape index (κ3) is 4.35. The zero-order valence-electron chi connectivity index (χ0n) is 21.4. The van der Waals surface area contributed by atoms with Gasteiger partial charge < -0.3 is 4.43 Å². The fourth-order valence-corrected chi connectivity index (χ4v) is 7.54. The van der Waals surface area contributed by atoms with E-state index in [4.69, 9.17) is 14.2 Å². The van der Waals surface area contributed by atoms with Crippen LogP contribution in [0.25, 0.3) is 0 Å². The van der Waals surface area contributed by atoms with E-state index in [0.717, 1.165) is 23.5 Å². The summed E-state index contributed by atoms with van der Waals surface area (Å²) in [5.41, 5.74) is 5.12. The predicted octanol–water partition coefficient (Wildman–Crippen LogP) is 7.82. The number of allylic oxidation sites excluding steroid dienone is 1. The summed E-state index contributed by atoms with van der Waals surface area (Å²) >= 11 is 0. The molecule has 32 heavy (non-hydrogen) atoms. The van der Waals surface area contributed by atoms with E-state index in [1.54, 1.807) is 16.7 Å². The summed E-state index contributed by atoms with van der Waals surface area (Å²) in [6.45, 7) is 17.3. The van der Waals surface area contributed by atoms with Crippen molar-refractivity contribution in [3.05, 3.63) is 41.0 Å².